The SMILES string of the molecule is Cc1cc(-c2ccccc2F)c2cc(C(=O)N=C(N)N)ccc2n1. The van der Waals surface area contributed by atoms with E-state index in [1.54, 1.807) is 42.5 Å². The van der Waals surface area contributed by atoms with E-state index in [0.29, 0.717) is 27.6 Å². The molecule has 0 aliphatic carbocycles. The zero-order chi connectivity index (χ0) is 17.3. The Morgan fingerprint density at radius 1 is 1.08 bits per heavy atom. The molecule has 0 aliphatic rings. The summed E-state index contributed by atoms with van der Waals surface area (Å²) in [5, 5.41) is 0.655. The molecular weight excluding hydrogens is 307 g/mol. The average Bonchev–Trinajstić information content (AvgIpc) is 2.53. The third-order valence-corrected chi connectivity index (χ3v) is 3.58. The van der Waals surface area contributed by atoms with Crippen molar-refractivity contribution in [2.75, 3.05) is 0 Å². The molecule has 120 valence electrons. The first kappa shape index (κ1) is 15.6. The first-order chi connectivity index (χ1) is 11.5. The fourth-order valence-electron chi connectivity index (χ4n) is 2.58. The monoisotopic (exact) mass is 322 g/mol. The number of hydrogen-bond donors (Lipinski definition) is 2. The van der Waals surface area contributed by atoms with Crippen molar-refractivity contribution in [1.82, 2.24) is 4.98 Å². The highest BCUT2D eigenvalue weighted by atomic mass is 19.1. The van der Waals surface area contributed by atoms with E-state index in [4.69, 9.17) is 11.5 Å². The lowest BCUT2D eigenvalue weighted by atomic mass is 9.98. The Kier molecular flexibility index (Phi) is 3.95. The number of halogens is 1. The van der Waals surface area contributed by atoms with Crippen LogP contribution in [0, 0.1) is 12.7 Å². The van der Waals surface area contributed by atoms with Crippen molar-refractivity contribution < 1.29 is 9.18 Å². The van der Waals surface area contributed by atoms with Crippen LogP contribution < -0.4 is 11.5 Å². The van der Waals surface area contributed by atoms with Crippen LogP contribution >= 0.6 is 0 Å². The Balaban J connectivity index is 2.27. The number of aliphatic imine (C=N–C) groups is 1. The highest BCUT2D eigenvalue weighted by Gasteiger charge is 2.13. The van der Waals surface area contributed by atoms with Crippen molar-refractivity contribution in [2.45, 2.75) is 6.92 Å². The van der Waals surface area contributed by atoms with Gasteiger partial charge in [0.25, 0.3) is 5.91 Å². The average molecular weight is 322 g/mol. The summed E-state index contributed by atoms with van der Waals surface area (Å²) in [6.45, 7) is 1.84. The lowest BCUT2D eigenvalue weighted by molar-refractivity contribution is 0.100. The molecule has 4 N–H and O–H groups in total. The van der Waals surface area contributed by atoms with Gasteiger partial charge in [-0.2, -0.15) is 4.99 Å². The van der Waals surface area contributed by atoms with E-state index in [0.717, 1.165) is 5.69 Å². The quantitative estimate of drug-likeness (QED) is 0.560. The van der Waals surface area contributed by atoms with Crippen molar-refractivity contribution in [3.63, 3.8) is 0 Å². The molecule has 1 heterocycles. The molecule has 0 spiro atoms. The first-order valence-electron chi connectivity index (χ1n) is 7.26. The maximum Gasteiger partial charge on any atom is 0.280 e. The second kappa shape index (κ2) is 6.08. The molecule has 1 aromatic heterocycles. The van der Waals surface area contributed by atoms with Gasteiger partial charge in [0.1, 0.15) is 5.82 Å². The van der Waals surface area contributed by atoms with Crippen LogP contribution in [0.15, 0.2) is 53.5 Å². The topological polar surface area (TPSA) is 94.4 Å². The van der Waals surface area contributed by atoms with Crippen molar-refractivity contribution in [3.05, 3.63) is 65.6 Å². The normalized spacial score (nSPS) is 10.6. The molecule has 0 bridgehead atoms. The van der Waals surface area contributed by atoms with Gasteiger partial charge in [-0.3, -0.25) is 9.78 Å². The molecule has 0 unspecified atom stereocenters. The molecule has 5 nitrogen and oxygen atoms in total. The molecule has 0 atom stereocenters. The molecule has 0 saturated heterocycles. The number of nitrogens with zero attached hydrogens (tertiary/aromatic N) is 2. The molecule has 3 rings (SSSR count). The summed E-state index contributed by atoms with van der Waals surface area (Å²) in [6, 6.07) is 13.2. The van der Waals surface area contributed by atoms with Gasteiger partial charge in [0.05, 0.1) is 5.52 Å². The predicted octanol–water partition coefficient (Wildman–Crippen LogP) is 2.76. The molecule has 3 aromatic rings. The molecule has 2 aromatic carbocycles. The number of carbonyl (C=O) groups excluding carboxylic acids is 1. The minimum absolute atomic E-state index is 0.305. The number of fused-ring (bicyclic) bond motifs is 1. The van der Waals surface area contributed by atoms with Gasteiger partial charge in [0.15, 0.2) is 5.96 Å². The third kappa shape index (κ3) is 2.94. The van der Waals surface area contributed by atoms with Crippen LogP contribution in [0.25, 0.3) is 22.0 Å². The van der Waals surface area contributed by atoms with Gasteiger partial charge in [0.2, 0.25) is 0 Å². The molecule has 6 heteroatoms. The number of rotatable bonds is 2. The van der Waals surface area contributed by atoms with Crippen LogP contribution in [0.1, 0.15) is 16.1 Å². The van der Waals surface area contributed by atoms with Gasteiger partial charge in [-0.1, -0.05) is 18.2 Å². The molecule has 0 saturated carbocycles. The zero-order valence-electron chi connectivity index (χ0n) is 13.0. The first-order valence-corrected chi connectivity index (χ1v) is 7.26. The largest absolute Gasteiger partial charge is 0.370 e. The molecule has 0 aliphatic heterocycles. The Hall–Kier alpha value is -3.28. The second-order valence-corrected chi connectivity index (χ2v) is 5.36. The highest BCUT2D eigenvalue weighted by Crippen LogP contribution is 2.31. The van der Waals surface area contributed by atoms with E-state index in [2.05, 4.69) is 9.98 Å². The Morgan fingerprint density at radius 3 is 2.54 bits per heavy atom. The minimum Gasteiger partial charge on any atom is -0.370 e. The number of aromatic nitrogens is 1. The second-order valence-electron chi connectivity index (χ2n) is 5.36. The predicted molar refractivity (Wildman–Crippen MR) is 92.0 cm³/mol. The van der Waals surface area contributed by atoms with E-state index >= 15 is 0 Å². The van der Waals surface area contributed by atoms with E-state index in [1.165, 1.54) is 6.07 Å². The van der Waals surface area contributed by atoms with E-state index in [9.17, 15) is 9.18 Å². The lowest BCUT2D eigenvalue weighted by Crippen LogP contribution is -2.24. The van der Waals surface area contributed by atoms with Crippen molar-refractivity contribution >= 4 is 22.8 Å². The summed E-state index contributed by atoms with van der Waals surface area (Å²) in [7, 11) is 0. The van der Waals surface area contributed by atoms with Crippen molar-refractivity contribution in [1.29, 1.82) is 0 Å². The Labute approximate surface area is 137 Å². The summed E-state index contributed by atoms with van der Waals surface area (Å²) in [4.78, 5) is 20.0. The fraction of sp³-hybridized carbons (Fsp3) is 0.0556. The fourth-order valence-corrected chi connectivity index (χ4v) is 2.58. The van der Waals surface area contributed by atoms with Crippen LogP contribution in [0.5, 0.6) is 0 Å². The van der Waals surface area contributed by atoms with Crippen LogP contribution in [0.3, 0.4) is 0 Å². The van der Waals surface area contributed by atoms with E-state index in [-0.39, 0.29) is 11.8 Å². The highest BCUT2D eigenvalue weighted by molar-refractivity contribution is 6.05. The number of guanidine groups is 1. The van der Waals surface area contributed by atoms with Gasteiger partial charge in [-0.05, 0) is 42.8 Å². The number of pyridine rings is 1. The number of amides is 1. The van der Waals surface area contributed by atoms with Crippen LogP contribution in [0.2, 0.25) is 0 Å². The van der Waals surface area contributed by atoms with Gasteiger partial charge < -0.3 is 11.5 Å². The molecule has 1 amide bonds. The summed E-state index contributed by atoms with van der Waals surface area (Å²) in [6.07, 6.45) is 0. The van der Waals surface area contributed by atoms with E-state index in [1.807, 2.05) is 6.92 Å². The maximum atomic E-state index is 14.2. The Bertz CT molecular complexity index is 978. The summed E-state index contributed by atoms with van der Waals surface area (Å²) in [5.74, 6) is -1.21. The van der Waals surface area contributed by atoms with Gasteiger partial charge in [0, 0.05) is 22.2 Å². The molecule has 24 heavy (non-hydrogen) atoms. The molecular formula is C18H15FN4O. The smallest absolute Gasteiger partial charge is 0.280 e. The number of nitrogens with two attached hydrogens (primary N) is 2. The molecule has 0 fully saturated rings. The number of hydrogen-bond acceptors (Lipinski definition) is 2. The third-order valence-electron chi connectivity index (χ3n) is 3.58. The number of benzene rings is 2. The maximum absolute atomic E-state index is 14.2. The molecule has 0 radical (unpaired) electrons. The van der Waals surface area contributed by atoms with Gasteiger partial charge >= 0.3 is 0 Å². The Morgan fingerprint density at radius 2 is 1.83 bits per heavy atom. The summed E-state index contributed by atoms with van der Waals surface area (Å²) in [5.41, 5.74) is 13.3. The van der Waals surface area contributed by atoms with Crippen molar-refractivity contribution in [3.8, 4) is 11.1 Å². The minimum atomic E-state index is -0.558. The summed E-state index contributed by atoms with van der Waals surface area (Å²) < 4.78 is 14.2. The lowest BCUT2D eigenvalue weighted by Gasteiger charge is -2.10. The van der Waals surface area contributed by atoms with Crippen molar-refractivity contribution in [2.24, 2.45) is 16.5 Å². The zero-order valence-corrected chi connectivity index (χ0v) is 13.0. The van der Waals surface area contributed by atoms with Crippen LogP contribution in [-0.4, -0.2) is 16.9 Å². The number of aryl methyl sites for hydroxylation is 1. The van der Waals surface area contributed by atoms with Gasteiger partial charge in [-0.25, -0.2) is 4.39 Å². The van der Waals surface area contributed by atoms with E-state index < -0.39 is 5.91 Å². The standard InChI is InChI=1S/C18H15FN4O/c1-10-8-13(12-4-2-3-5-15(12)19)14-9-11(6-7-16(14)22-10)17(24)23-18(20)21/h2-9H,1H3,(H4,20,21,23,24). The number of carbonyl (C=O) groups is 1. The van der Waals surface area contributed by atoms with Crippen LogP contribution in [0.4, 0.5) is 4.39 Å². The van der Waals surface area contributed by atoms with Crippen LogP contribution in [-0.2, 0) is 0 Å². The summed E-state index contributed by atoms with van der Waals surface area (Å²) >= 11 is 0. The van der Waals surface area contributed by atoms with Gasteiger partial charge in [-0.15, -0.1) is 0 Å².